The number of hydrogen-bond acceptors (Lipinski definition) is 2. The average molecular weight is 505 g/mol. The van der Waals surface area contributed by atoms with Gasteiger partial charge in [0.05, 0.1) is 0 Å². The summed E-state index contributed by atoms with van der Waals surface area (Å²) < 4.78 is -1.89. The molecule has 0 amide bonds. The first-order valence-corrected chi connectivity index (χ1v) is 9.11. The zero-order valence-electron chi connectivity index (χ0n) is 5.96. The molecule has 2 nitrogen and oxygen atoms in total. The Hall–Kier alpha value is 2.21. The van der Waals surface area contributed by atoms with E-state index in [-0.39, 0.29) is 25.1 Å². The van der Waals surface area contributed by atoms with E-state index in [1.807, 2.05) is 0 Å². The molecule has 0 fully saturated rings. The van der Waals surface area contributed by atoms with Gasteiger partial charge in [-0.05, 0) is 49.7 Å². The van der Waals surface area contributed by atoms with Gasteiger partial charge in [0.25, 0.3) is 3.79 Å². The zero-order valence-corrected chi connectivity index (χ0v) is 13.7. The molecule has 0 spiro atoms. The topological polar surface area (TPSA) is 24.4 Å². The van der Waals surface area contributed by atoms with Crippen LogP contribution in [-0.4, -0.2) is 8.83 Å². The number of hydrogen-bond donors (Lipinski definition) is 1. The molecule has 0 aliphatic carbocycles. The first-order valence-electron chi connectivity index (χ1n) is 2.60. The fourth-order valence-electron chi connectivity index (χ4n) is 0.513. The zero-order chi connectivity index (χ0) is 9.90. The molecular formula is C3H4Cl6IrN2S. The van der Waals surface area contributed by atoms with Gasteiger partial charge in [-0.15, -0.1) is 0 Å². The molecule has 0 saturated carbocycles. The molecule has 1 radical (unpaired) electrons. The van der Waals surface area contributed by atoms with Crippen LogP contribution >= 0.6 is 71.1 Å². The Morgan fingerprint density at radius 3 is 1.69 bits per heavy atom. The van der Waals surface area contributed by atoms with E-state index in [1.54, 1.807) is 0 Å². The summed E-state index contributed by atoms with van der Waals surface area (Å²) in [6.45, 7) is 1.45. The first kappa shape index (κ1) is 15.2. The molecule has 13 heavy (non-hydrogen) atoms. The van der Waals surface area contributed by atoms with Gasteiger partial charge < -0.3 is 0 Å². The van der Waals surface area contributed by atoms with Crippen molar-refractivity contribution in [1.29, 1.82) is 0 Å². The number of nitrogens with one attached hydrogen (secondary N) is 1. The molecule has 0 aromatic rings. The maximum atomic E-state index is 5.88. The van der Waals surface area contributed by atoms with E-state index < -0.39 is 8.94 Å². The van der Waals surface area contributed by atoms with Crippen LogP contribution in [0.25, 0.3) is 0 Å². The van der Waals surface area contributed by atoms with Crippen LogP contribution in [0.15, 0.2) is 5.10 Å². The third-order valence-electron chi connectivity index (χ3n) is 1.45. The minimum Gasteiger partial charge on any atom is -0.265 e. The summed E-state index contributed by atoms with van der Waals surface area (Å²) in [5, 5.41) is -1.03. The van der Waals surface area contributed by atoms with Crippen molar-refractivity contribution in [2.24, 2.45) is 5.10 Å². The Balaban J connectivity index is 0.00000144. The van der Waals surface area contributed by atoms with Crippen molar-refractivity contribution in [3.8, 4) is 0 Å². The second-order valence-corrected chi connectivity index (χ2v) is 19.5. The molecule has 1 N–H and O–H groups in total. The molecule has 0 bridgehead atoms. The van der Waals surface area contributed by atoms with Crippen molar-refractivity contribution in [2.45, 2.75) is 10.7 Å². The van der Waals surface area contributed by atoms with Gasteiger partial charge >= 0.3 is 0 Å². The van der Waals surface area contributed by atoms with E-state index in [1.165, 1.54) is 6.92 Å². The van der Waals surface area contributed by atoms with Gasteiger partial charge in [0.2, 0.25) is 0 Å². The molecule has 0 aromatic carbocycles. The Morgan fingerprint density at radius 1 is 1.23 bits per heavy atom. The first-order chi connectivity index (χ1) is 4.91. The summed E-state index contributed by atoms with van der Waals surface area (Å²) in [6.07, 6.45) is 0. The Kier molecular flexibility index (Phi) is 3.65. The number of hydrazone groups is 1. The van der Waals surface area contributed by atoms with E-state index in [4.69, 9.17) is 65.9 Å². The number of rotatable bonds is 0. The SMILES string of the molecule is CC1=NNC(Cl)(Cl)S1(Cl)(Cl)(Cl)Cl.[Ir]. The van der Waals surface area contributed by atoms with E-state index in [2.05, 4.69) is 10.5 Å². The quantitative estimate of drug-likeness (QED) is 0.381. The van der Waals surface area contributed by atoms with Gasteiger partial charge in [0.1, 0.15) is 5.04 Å². The van der Waals surface area contributed by atoms with Gasteiger partial charge in [-0.2, -0.15) is 5.10 Å². The molecule has 1 heterocycles. The average Bonchev–Trinajstić information content (AvgIpc) is 1.88. The summed E-state index contributed by atoms with van der Waals surface area (Å²) in [5.41, 5.74) is 2.26. The van der Waals surface area contributed by atoms with E-state index >= 15 is 0 Å². The molecular weight excluding hydrogens is 501 g/mol. The van der Waals surface area contributed by atoms with Crippen LogP contribution in [0.4, 0.5) is 0 Å². The van der Waals surface area contributed by atoms with Gasteiger partial charge in [-0.3, -0.25) is 5.43 Å². The van der Waals surface area contributed by atoms with Crippen molar-refractivity contribution >= 4 is 76.1 Å². The van der Waals surface area contributed by atoms with Crippen molar-refractivity contribution in [3.05, 3.63) is 0 Å². The summed E-state index contributed by atoms with van der Waals surface area (Å²) in [5.74, 6) is 0. The molecule has 0 aromatic heterocycles. The van der Waals surface area contributed by atoms with Gasteiger partial charge in [-0.1, -0.05) is 23.2 Å². The Morgan fingerprint density at radius 2 is 1.62 bits per heavy atom. The minimum atomic E-state index is -4.72. The largest absolute Gasteiger partial charge is 0.271 e. The molecule has 0 unspecified atom stereocenters. The third kappa shape index (κ3) is 1.92. The van der Waals surface area contributed by atoms with E-state index in [0.717, 1.165) is 0 Å². The van der Waals surface area contributed by atoms with Crippen LogP contribution in [0, 0.1) is 0 Å². The second-order valence-electron chi connectivity index (χ2n) is 2.33. The van der Waals surface area contributed by atoms with Crippen LogP contribution in [-0.2, 0) is 20.1 Å². The summed E-state index contributed by atoms with van der Waals surface area (Å²) >= 11 is 11.4. The molecule has 1 aliphatic heterocycles. The van der Waals surface area contributed by atoms with Crippen LogP contribution in [0.1, 0.15) is 6.92 Å². The van der Waals surface area contributed by atoms with Crippen LogP contribution in [0.3, 0.4) is 0 Å². The number of alkyl halides is 2. The second kappa shape index (κ2) is 3.12. The van der Waals surface area contributed by atoms with Crippen LogP contribution in [0.5, 0.6) is 0 Å². The molecule has 10 heteroatoms. The van der Waals surface area contributed by atoms with Crippen LogP contribution < -0.4 is 5.43 Å². The van der Waals surface area contributed by atoms with Crippen molar-refractivity contribution in [3.63, 3.8) is 0 Å². The fraction of sp³-hybridized carbons (Fsp3) is 0.667. The molecule has 0 atom stereocenters. The predicted molar refractivity (Wildman–Crippen MR) is 61.7 cm³/mol. The Labute approximate surface area is 116 Å². The molecule has 0 saturated heterocycles. The van der Waals surface area contributed by atoms with Crippen molar-refractivity contribution < 1.29 is 20.1 Å². The fourth-order valence-corrected chi connectivity index (χ4v) is 2.93. The minimum absolute atomic E-state index is 0. The van der Waals surface area contributed by atoms with Crippen LogP contribution in [0.2, 0.25) is 0 Å². The standard InChI is InChI=1S/C3H4Cl6N2S.Ir/c1-2-10-11-3(4,5)12(2,6,7,8)9;/h11H,1H3;. The van der Waals surface area contributed by atoms with Crippen molar-refractivity contribution in [1.82, 2.24) is 5.43 Å². The van der Waals surface area contributed by atoms with Gasteiger partial charge in [0.15, 0.2) is 0 Å². The predicted octanol–water partition coefficient (Wildman–Crippen LogP) is 4.50. The van der Waals surface area contributed by atoms with E-state index in [9.17, 15) is 0 Å². The molecule has 83 valence electrons. The molecule has 1 rings (SSSR count). The van der Waals surface area contributed by atoms with Gasteiger partial charge in [-0.25, -0.2) is 0 Å². The smallest absolute Gasteiger partial charge is 0.265 e. The number of halogens is 6. The summed E-state index contributed by atoms with van der Waals surface area (Å²) in [4.78, 5) is 0. The monoisotopic (exact) mass is 503 g/mol. The summed E-state index contributed by atoms with van der Waals surface area (Å²) in [7, 11) is 23.5. The third-order valence-corrected chi connectivity index (χ3v) is 13.7. The normalized spacial score (nSPS) is 36.4. The van der Waals surface area contributed by atoms with E-state index in [0.29, 0.717) is 0 Å². The maximum absolute atomic E-state index is 5.88. The molecule has 1 aliphatic rings. The van der Waals surface area contributed by atoms with Gasteiger partial charge in [0, 0.05) is 25.3 Å². The number of nitrogens with zero attached hydrogens (tertiary/aromatic N) is 1. The Bertz CT molecular complexity index is 279. The van der Waals surface area contributed by atoms with Crippen molar-refractivity contribution in [2.75, 3.05) is 0 Å². The maximum Gasteiger partial charge on any atom is 0.271 e. The summed E-state index contributed by atoms with van der Waals surface area (Å²) in [6, 6.07) is 0.